The van der Waals surface area contributed by atoms with Crippen LogP contribution in [0.4, 0.5) is 30.7 Å². The normalized spacial score (nSPS) is 22.5. The summed E-state index contributed by atoms with van der Waals surface area (Å²) in [6.45, 7) is 6.60. The molecule has 1 aromatic rings. The van der Waals surface area contributed by atoms with Gasteiger partial charge in [-0.2, -0.15) is 13.2 Å². The molecule has 158 valence electrons. The van der Waals surface area contributed by atoms with Gasteiger partial charge in [-0.1, -0.05) is 31.5 Å². The Hall–Kier alpha value is -1.28. The number of ether oxygens (including phenoxy) is 1. The minimum atomic E-state index is -4.68. The first-order valence-corrected chi connectivity index (χ1v) is 8.81. The minimum absolute atomic E-state index is 0.470. The van der Waals surface area contributed by atoms with Crippen LogP contribution in [0.2, 0.25) is 0 Å². The maximum Gasteiger partial charge on any atom is 0.426 e. The van der Waals surface area contributed by atoms with Gasteiger partial charge in [-0.05, 0) is 38.0 Å². The van der Waals surface area contributed by atoms with E-state index in [1.165, 1.54) is 13.8 Å². The summed E-state index contributed by atoms with van der Waals surface area (Å²) in [5, 5.41) is -1.26. The fourth-order valence-corrected chi connectivity index (χ4v) is 3.97. The summed E-state index contributed by atoms with van der Waals surface area (Å²) < 4.78 is 99.0. The number of rotatable bonds is 5. The first-order valence-electron chi connectivity index (χ1n) is 8.43. The van der Waals surface area contributed by atoms with Gasteiger partial charge in [0.15, 0.2) is 23.3 Å². The van der Waals surface area contributed by atoms with Crippen LogP contribution in [0.15, 0.2) is 11.1 Å². The molecule has 9 heteroatoms. The van der Waals surface area contributed by atoms with E-state index in [1.54, 1.807) is 13.8 Å². The molecule has 1 saturated carbocycles. The van der Waals surface area contributed by atoms with E-state index in [0.717, 1.165) is 13.0 Å². The number of benzene rings is 1. The van der Waals surface area contributed by atoms with E-state index < -0.39 is 75.1 Å². The second kappa shape index (κ2) is 7.20. The van der Waals surface area contributed by atoms with E-state index >= 15 is 0 Å². The molecule has 0 amide bonds. The predicted molar refractivity (Wildman–Crippen MR) is 90.6 cm³/mol. The highest BCUT2D eigenvalue weighted by Crippen LogP contribution is 2.65. The zero-order chi connectivity index (χ0) is 21.8. The molecule has 1 fully saturated rings. The fraction of sp³-hybridized carbons (Fsp3) is 0.579. The first kappa shape index (κ1) is 23.0. The largest absolute Gasteiger partial charge is 0.426 e. The molecule has 0 aliphatic heterocycles. The molecule has 0 saturated heterocycles. The lowest BCUT2D eigenvalue weighted by molar-refractivity contribution is -0.0851. The molecular formula is C19H20ClF7O. The summed E-state index contributed by atoms with van der Waals surface area (Å²) in [6, 6.07) is 0. The second-order valence-corrected chi connectivity index (χ2v) is 8.50. The Bertz CT molecular complexity index is 782. The number of alkyl halides is 3. The second-order valence-electron chi connectivity index (χ2n) is 8.09. The van der Waals surface area contributed by atoms with Crippen molar-refractivity contribution in [3.8, 4) is 0 Å². The Morgan fingerprint density at radius 2 is 1.50 bits per heavy atom. The highest BCUT2D eigenvalue weighted by atomic mass is 35.5. The predicted octanol–water partition coefficient (Wildman–Crippen LogP) is 6.80. The number of halogens is 8. The van der Waals surface area contributed by atoms with Gasteiger partial charge in [0.2, 0.25) is 0 Å². The van der Waals surface area contributed by atoms with Crippen molar-refractivity contribution in [3.63, 3.8) is 0 Å². The van der Waals surface area contributed by atoms with Crippen LogP contribution in [-0.4, -0.2) is 11.8 Å². The topological polar surface area (TPSA) is 9.23 Å². The highest BCUT2D eigenvalue weighted by molar-refractivity contribution is 6.30. The van der Waals surface area contributed by atoms with Crippen molar-refractivity contribution in [3.05, 3.63) is 45.5 Å². The van der Waals surface area contributed by atoms with Crippen LogP contribution in [-0.2, 0) is 11.3 Å². The molecule has 1 aliphatic rings. The molecule has 0 radical (unpaired) electrons. The van der Waals surface area contributed by atoms with Crippen molar-refractivity contribution in [2.75, 3.05) is 0 Å². The molecule has 0 spiro atoms. The molecule has 0 heterocycles. The zero-order valence-corrected chi connectivity index (χ0v) is 16.6. The Kier molecular flexibility index (Phi) is 5.92. The maximum atomic E-state index is 14.0. The Balaban J connectivity index is 2.24. The van der Waals surface area contributed by atoms with Gasteiger partial charge in [0.05, 0.1) is 17.8 Å². The third kappa shape index (κ3) is 4.03. The van der Waals surface area contributed by atoms with Crippen molar-refractivity contribution in [2.45, 2.75) is 53.0 Å². The summed E-state index contributed by atoms with van der Waals surface area (Å²) in [7, 11) is 0. The third-order valence-electron chi connectivity index (χ3n) is 5.42. The first-order chi connectivity index (χ1) is 12.5. The average Bonchev–Trinajstić information content (AvgIpc) is 3.11. The highest BCUT2D eigenvalue weighted by Gasteiger charge is 2.63. The van der Waals surface area contributed by atoms with Gasteiger partial charge in [-0.3, -0.25) is 0 Å². The molecule has 1 aromatic carbocycles. The summed E-state index contributed by atoms with van der Waals surface area (Å²) in [4.78, 5) is 0. The monoisotopic (exact) mass is 432 g/mol. The summed E-state index contributed by atoms with van der Waals surface area (Å²) in [5.41, 5.74) is -3.47. The molecule has 2 unspecified atom stereocenters. The number of hydrogen-bond acceptors (Lipinski definition) is 1. The van der Waals surface area contributed by atoms with Gasteiger partial charge in [0.25, 0.3) is 0 Å². The maximum absolute atomic E-state index is 14.0. The summed E-state index contributed by atoms with van der Waals surface area (Å²) >= 11 is 5.31. The van der Waals surface area contributed by atoms with Crippen LogP contribution >= 0.6 is 11.6 Å². The molecule has 2 atom stereocenters. The summed E-state index contributed by atoms with van der Waals surface area (Å²) in [6.07, 6.45) is -3.79. The Labute approximate surface area is 163 Å². The molecule has 0 aromatic heterocycles. The van der Waals surface area contributed by atoms with E-state index in [4.69, 9.17) is 16.3 Å². The van der Waals surface area contributed by atoms with Crippen LogP contribution < -0.4 is 0 Å². The van der Waals surface area contributed by atoms with Crippen LogP contribution in [0.3, 0.4) is 0 Å². The van der Waals surface area contributed by atoms with Crippen LogP contribution in [0, 0.1) is 47.4 Å². The lowest BCUT2D eigenvalue weighted by Gasteiger charge is -2.28. The molecule has 2 rings (SSSR count). The zero-order valence-electron chi connectivity index (χ0n) is 15.9. The lowest BCUT2D eigenvalue weighted by atomic mass is 9.96. The van der Waals surface area contributed by atoms with Crippen LogP contribution in [0.5, 0.6) is 0 Å². The van der Waals surface area contributed by atoms with Crippen molar-refractivity contribution in [1.82, 2.24) is 0 Å². The molecule has 1 nitrogen and oxygen atoms in total. The van der Waals surface area contributed by atoms with E-state index in [9.17, 15) is 30.7 Å². The summed E-state index contributed by atoms with van der Waals surface area (Å²) in [5.74, 6) is -7.21. The van der Waals surface area contributed by atoms with Crippen LogP contribution in [0.25, 0.3) is 0 Å². The molecule has 28 heavy (non-hydrogen) atoms. The van der Waals surface area contributed by atoms with E-state index in [-0.39, 0.29) is 0 Å². The van der Waals surface area contributed by atoms with Crippen molar-refractivity contribution >= 4 is 11.6 Å². The van der Waals surface area contributed by atoms with Gasteiger partial charge >= 0.3 is 6.18 Å². The molecular weight excluding hydrogens is 413 g/mol. The van der Waals surface area contributed by atoms with Gasteiger partial charge in [0, 0.05) is 5.56 Å². The van der Waals surface area contributed by atoms with Crippen molar-refractivity contribution in [1.29, 1.82) is 0 Å². The van der Waals surface area contributed by atoms with E-state index in [1.807, 2.05) is 0 Å². The standard InChI is InChI=1S/C19H20ClF7O/c1-8-12(21)14(23)9(15(24)13(8)22)7-28-18(4,5)16-10(17(16,2)3)6-11(20)19(25,26)27/h6,10,16H,7H2,1-5H3/b11-6-. The molecule has 0 bridgehead atoms. The Morgan fingerprint density at radius 1 is 1.04 bits per heavy atom. The van der Waals surface area contributed by atoms with Crippen molar-refractivity contribution < 1.29 is 35.5 Å². The van der Waals surface area contributed by atoms with Crippen molar-refractivity contribution in [2.24, 2.45) is 17.3 Å². The van der Waals surface area contributed by atoms with Gasteiger partial charge in [-0.15, -0.1) is 0 Å². The number of hydrogen-bond donors (Lipinski definition) is 0. The van der Waals surface area contributed by atoms with E-state index in [0.29, 0.717) is 0 Å². The molecule has 0 N–H and O–H groups in total. The quantitative estimate of drug-likeness (QED) is 0.367. The fourth-order valence-electron chi connectivity index (χ4n) is 3.83. The minimum Gasteiger partial charge on any atom is -0.370 e. The molecule has 1 aliphatic carbocycles. The van der Waals surface area contributed by atoms with Crippen LogP contribution in [0.1, 0.15) is 38.8 Å². The van der Waals surface area contributed by atoms with Gasteiger partial charge < -0.3 is 4.74 Å². The van der Waals surface area contributed by atoms with E-state index in [2.05, 4.69) is 0 Å². The average molecular weight is 433 g/mol. The van der Waals surface area contributed by atoms with Gasteiger partial charge in [-0.25, -0.2) is 17.6 Å². The third-order valence-corrected chi connectivity index (χ3v) is 5.76. The number of allylic oxidation sites excluding steroid dienone is 2. The lowest BCUT2D eigenvalue weighted by Crippen LogP contribution is -2.30. The van der Waals surface area contributed by atoms with Gasteiger partial charge in [0.1, 0.15) is 5.03 Å². The SMILES string of the molecule is Cc1c(F)c(F)c(COC(C)(C)C2C(/C=C(\Cl)C(F)(F)F)C2(C)C)c(F)c1F. The Morgan fingerprint density at radius 3 is 1.93 bits per heavy atom. The smallest absolute Gasteiger partial charge is 0.370 e.